The highest BCUT2D eigenvalue weighted by atomic mass is 32.1. The van der Waals surface area contributed by atoms with Gasteiger partial charge in [-0.2, -0.15) is 0 Å². The minimum absolute atomic E-state index is 0.0545. The molecule has 156 valence electrons. The van der Waals surface area contributed by atoms with E-state index in [1.165, 1.54) is 6.07 Å². The normalized spacial score (nSPS) is 21.9. The van der Waals surface area contributed by atoms with Crippen molar-refractivity contribution in [2.75, 3.05) is 0 Å². The Kier molecular flexibility index (Phi) is 4.65. The molecule has 7 heteroatoms. The number of amides is 2. The van der Waals surface area contributed by atoms with Crippen molar-refractivity contribution in [3.05, 3.63) is 58.9 Å². The van der Waals surface area contributed by atoms with Gasteiger partial charge in [-0.25, -0.2) is 4.39 Å². The number of fused-ring (bicyclic) bond motifs is 3. The number of aromatic nitrogens is 1. The molecule has 1 saturated carbocycles. The Hall–Kier alpha value is -2.67. The van der Waals surface area contributed by atoms with Gasteiger partial charge in [0.1, 0.15) is 17.1 Å². The topological polar surface area (TPSA) is 54.3 Å². The van der Waals surface area contributed by atoms with Crippen LogP contribution in [0.1, 0.15) is 48.7 Å². The maximum absolute atomic E-state index is 14.4. The van der Waals surface area contributed by atoms with Crippen molar-refractivity contribution in [2.45, 2.75) is 57.3 Å². The van der Waals surface area contributed by atoms with Crippen molar-refractivity contribution >= 4 is 33.4 Å². The summed E-state index contributed by atoms with van der Waals surface area (Å²) in [5, 5.41) is 5.16. The third-order valence-electron chi connectivity index (χ3n) is 6.51. The summed E-state index contributed by atoms with van der Waals surface area (Å²) in [6, 6.07) is 10.4. The molecule has 3 heterocycles. The standard InChI is InChI=1S/C23H24FN3O2S/c1-23(22(29)25-16-7-3-4-8-16)14-26-18-10-11-30-20(18)12-19(26)21(28)27(23)13-15-6-2-5-9-17(15)24/h2,5-6,9-12,16H,3-4,7-8,13-14H2,1H3,(H,25,29)/t23-/m0/s1. The number of halogens is 1. The number of thiophene rings is 1. The molecule has 1 N–H and O–H groups in total. The molecule has 2 aliphatic rings. The molecular formula is C23H24FN3O2S. The molecule has 0 spiro atoms. The lowest BCUT2D eigenvalue weighted by atomic mass is 9.93. The number of nitrogens with one attached hydrogen (secondary N) is 1. The van der Waals surface area contributed by atoms with Crippen LogP contribution in [0.25, 0.3) is 10.2 Å². The van der Waals surface area contributed by atoms with Gasteiger partial charge in [0.15, 0.2) is 0 Å². The van der Waals surface area contributed by atoms with Crippen LogP contribution in [0.3, 0.4) is 0 Å². The highest BCUT2D eigenvalue weighted by molar-refractivity contribution is 7.17. The summed E-state index contributed by atoms with van der Waals surface area (Å²) in [5.41, 5.74) is 0.823. The Morgan fingerprint density at radius 3 is 2.80 bits per heavy atom. The van der Waals surface area contributed by atoms with E-state index in [4.69, 9.17) is 0 Å². The molecule has 2 amide bonds. The quantitative estimate of drug-likeness (QED) is 0.677. The van der Waals surface area contributed by atoms with Gasteiger partial charge in [0.05, 0.1) is 23.3 Å². The summed E-state index contributed by atoms with van der Waals surface area (Å²) in [4.78, 5) is 28.6. The Morgan fingerprint density at radius 2 is 2.03 bits per heavy atom. The summed E-state index contributed by atoms with van der Waals surface area (Å²) >= 11 is 1.57. The van der Waals surface area contributed by atoms with Gasteiger partial charge in [0, 0.05) is 11.6 Å². The lowest BCUT2D eigenvalue weighted by Crippen LogP contribution is -2.64. The van der Waals surface area contributed by atoms with Crippen LogP contribution >= 0.6 is 11.3 Å². The maximum Gasteiger partial charge on any atom is 0.271 e. The van der Waals surface area contributed by atoms with Gasteiger partial charge >= 0.3 is 0 Å². The molecule has 0 bridgehead atoms. The number of carbonyl (C=O) groups excluding carboxylic acids is 2. The minimum atomic E-state index is -1.11. The SMILES string of the molecule is C[C@@]1(C(=O)NC2CCCC2)Cn2c(cc3sccc32)C(=O)N1Cc1ccccc1F. The first-order chi connectivity index (χ1) is 14.5. The van der Waals surface area contributed by atoms with Gasteiger partial charge in [-0.3, -0.25) is 9.59 Å². The van der Waals surface area contributed by atoms with Crippen molar-refractivity contribution in [2.24, 2.45) is 0 Å². The van der Waals surface area contributed by atoms with Gasteiger partial charge in [-0.1, -0.05) is 31.0 Å². The third-order valence-corrected chi connectivity index (χ3v) is 7.37. The van der Waals surface area contributed by atoms with Crippen molar-refractivity contribution in [3.63, 3.8) is 0 Å². The molecule has 3 aromatic rings. The summed E-state index contributed by atoms with van der Waals surface area (Å²) in [6.45, 7) is 2.21. The molecule has 0 radical (unpaired) electrons. The maximum atomic E-state index is 14.4. The first kappa shape index (κ1) is 19.3. The second-order valence-electron chi connectivity index (χ2n) is 8.50. The molecule has 1 fully saturated rings. The van der Waals surface area contributed by atoms with E-state index in [1.54, 1.807) is 41.4 Å². The van der Waals surface area contributed by atoms with Crippen LogP contribution < -0.4 is 5.32 Å². The zero-order chi connectivity index (χ0) is 20.9. The number of benzene rings is 1. The summed E-state index contributed by atoms with van der Waals surface area (Å²) in [5.74, 6) is -0.774. The van der Waals surface area contributed by atoms with Crippen molar-refractivity contribution < 1.29 is 14.0 Å². The van der Waals surface area contributed by atoms with E-state index in [9.17, 15) is 14.0 Å². The van der Waals surface area contributed by atoms with Crippen LogP contribution in [0, 0.1) is 5.82 Å². The smallest absolute Gasteiger partial charge is 0.271 e. The number of rotatable bonds is 4. The lowest BCUT2D eigenvalue weighted by molar-refractivity contribution is -0.133. The fourth-order valence-corrected chi connectivity index (χ4v) is 5.55. The fourth-order valence-electron chi connectivity index (χ4n) is 4.73. The Labute approximate surface area is 178 Å². The zero-order valence-electron chi connectivity index (χ0n) is 16.9. The molecule has 2 aromatic heterocycles. The third kappa shape index (κ3) is 3.03. The van der Waals surface area contributed by atoms with Crippen molar-refractivity contribution in [3.8, 4) is 0 Å². The molecule has 5 rings (SSSR count). The minimum Gasteiger partial charge on any atom is -0.351 e. The highest BCUT2D eigenvalue weighted by Gasteiger charge is 2.48. The van der Waals surface area contributed by atoms with Crippen LogP contribution in [0.15, 0.2) is 41.8 Å². The van der Waals surface area contributed by atoms with Gasteiger partial charge < -0.3 is 14.8 Å². The zero-order valence-corrected chi connectivity index (χ0v) is 17.7. The monoisotopic (exact) mass is 425 g/mol. The predicted molar refractivity (Wildman–Crippen MR) is 115 cm³/mol. The van der Waals surface area contributed by atoms with E-state index in [2.05, 4.69) is 5.32 Å². The first-order valence-electron chi connectivity index (χ1n) is 10.4. The van der Waals surface area contributed by atoms with Gasteiger partial charge in [-0.15, -0.1) is 11.3 Å². The molecule has 1 aliphatic carbocycles. The van der Waals surface area contributed by atoms with Crippen LogP contribution in [-0.2, 0) is 17.9 Å². The molecule has 0 unspecified atom stereocenters. The van der Waals surface area contributed by atoms with E-state index in [-0.39, 0.29) is 30.2 Å². The largest absolute Gasteiger partial charge is 0.351 e. The van der Waals surface area contributed by atoms with E-state index in [1.807, 2.05) is 22.1 Å². The fraction of sp³-hybridized carbons (Fsp3) is 0.391. The lowest BCUT2D eigenvalue weighted by Gasteiger charge is -2.44. The molecular weight excluding hydrogens is 401 g/mol. The van der Waals surface area contributed by atoms with E-state index in [0.717, 1.165) is 35.9 Å². The van der Waals surface area contributed by atoms with Crippen LogP contribution in [-0.4, -0.2) is 32.9 Å². The predicted octanol–water partition coefficient (Wildman–Crippen LogP) is 4.32. The van der Waals surface area contributed by atoms with Crippen molar-refractivity contribution in [1.82, 2.24) is 14.8 Å². The van der Waals surface area contributed by atoms with E-state index < -0.39 is 5.54 Å². The van der Waals surface area contributed by atoms with Crippen LogP contribution in [0.5, 0.6) is 0 Å². The van der Waals surface area contributed by atoms with Crippen LogP contribution in [0.2, 0.25) is 0 Å². The molecule has 0 saturated heterocycles. The Bertz CT molecular complexity index is 1130. The highest BCUT2D eigenvalue weighted by Crippen LogP contribution is 2.35. The molecule has 30 heavy (non-hydrogen) atoms. The second kappa shape index (κ2) is 7.23. The Morgan fingerprint density at radius 1 is 1.27 bits per heavy atom. The molecule has 1 aromatic carbocycles. The molecule has 1 atom stereocenters. The average Bonchev–Trinajstić information content (AvgIpc) is 3.45. The number of nitrogens with zero attached hydrogens (tertiary/aromatic N) is 2. The molecule has 5 nitrogen and oxygen atoms in total. The van der Waals surface area contributed by atoms with Gasteiger partial charge in [-0.05, 0) is 43.3 Å². The number of hydrogen-bond acceptors (Lipinski definition) is 3. The average molecular weight is 426 g/mol. The summed E-state index contributed by atoms with van der Waals surface area (Å²) < 4.78 is 17.4. The summed E-state index contributed by atoms with van der Waals surface area (Å²) in [6.07, 6.45) is 4.15. The van der Waals surface area contributed by atoms with E-state index >= 15 is 0 Å². The summed E-state index contributed by atoms with van der Waals surface area (Å²) in [7, 11) is 0. The first-order valence-corrected chi connectivity index (χ1v) is 11.3. The van der Waals surface area contributed by atoms with Crippen molar-refractivity contribution in [1.29, 1.82) is 0 Å². The van der Waals surface area contributed by atoms with Crippen LogP contribution in [0.4, 0.5) is 4.39 Å². The number of hydrogen-bond donors (Lipinski definition) is 1. The number of carbonyl (C=O) groups is 2. The van der Waals surface area contributed by atoms with E-state index in [0.29, 0.717) is 17.8 Å². The molecule has 1 aliphatic heterocycles. The Balaban J connectivity index is 1.57. The second-order valence-corrected chi connectivity index (χ2v) is 9.44. The van der Waals surface area contributed by atoms with Gasteiger partial charge in [0.2, 0.25) is 5.91 Å². The van der Waals surface area contributed by atoms with Gasteiger partial charge in [0.25, 0.3) is 5.91 Å².